The molecule has 0 spiro atoms. The highest BCUT2D eigenvalue weighted by Gasteiger charge is 2.19. The van der Waals surface area contributed by atoms with Crippen LogP contribution < -0.4 is 24.3 Å². The number of fused-ring (bicyclic) bond motifs is 1. The molecule has 1 amide bonds. The van der Waals surface area contributed by atoms with Gasteiger partial charge in [0, 0.05) is 17.8 Å². The quantitative estimate of drug-likeness (QED) is 0.524. The fourth-order valence-corrected chi connectivity index (χ4v) is 2.71. The molecule has 8 heteroatoms. The van der Waals surface area contributed by atoms with Gasteiger partial charge in [0.15, 0.2) is 29.1 Å². The first kappa shape index (κ1) is 21.0. The summed E-state index contributed by atoms with van der Waals surface area (Å²) in [5.74, 6) is 1.24. The summed E-state index contributed by atoms with van der Waals surface area (Å²) < 4.78 is 26.4. The molecule has 0 radical (unpaired) electrons. The second-order valence-electron chi connectivity index (χ2n) is 6.31. The lowest BCUT2D eigenvalue weighted by Gasteiger charge is -2.12. The summed E-state index contributed by atoms with van der Waals surface area (Å²) in [7, 11) is 1.54. The first-order valence-corrected chi connectivity index (χ1v) is 9.40. The first-order chi connectivity index (χ1) is 14.5. The average Bonchev–Trinajstić information content (AvgIpc) is 3.21. The SMILES string of the molecule is CCOc1ccc(/C=C/C(=O)O[C@@H](C)C(=O)Nc2ccc3c(c2)OCO3)cc1OC. The Labute approximate surface area is 174 Å². The Balaban J connectivity index is 1.55. The summed E-state index contributed by atoms with van der Waals surface area (Å²) in [6, 6.07) is 10.3. The van der Waals surface area contributed by atoms with Crippen molar-refractivity contribution in [3.63, 3.8) is 0 Å². The van der Waals surface area contributed by atoms with Gasteiger partial charge in [0.25, 0.3) is 5.91 Å². The van der Waals surface area contributed by atoms with E-state index in [4.69, 9.17) is 23.7 Å². The van der Waals surface area contributed by atoms with Gasteiger partial charge in [0.2, 0.25) is 6.79 Å². The van der Waals surface area contributed by atoms with E-state index >= 15 is 0 Å². The number of carbonyl (C=O) groups is 2. The highest BCUT2D eigenvalue weighted by molar-refractivity contribution is 5.96. The standard InChI is InChI=1S/C22H23NO7/c1-4-27-17-8-5-15(11-19(17)26-3)6-10-21(24)30-14(2)22(25)23-16-7-9-18-20(12-16)29-13-28-18/h5-12,14H,4,13H2,1-3H3,(H,23,25)/b10-6+/t14-/m0/s1. The zero-order valence-electron chi connectivity index (χ0n) is 17.0. The van der Waals surface area contributed by atoms with E-state index in [2.05, 4.69) is 5.32 Å². The molecule has 30 heavy (non-hydrogen) atoms. The number of methoxy groups -OCH3 is 1. The minimum Gasteiger partial charge on any atom is -0.493 e. The van der Waals surface area contributed by atoms with Gasteiger partial charge in [-0.3, -0.25) is 4.79 Å². The number of esters is 1. The van der Waals surface area contributed by atoms with Crippen LogP contribution in [0.1, 0.15) is 19.4 Å². The Morgan fingerprint density at radius 1 is 1.13 bits per heavy atom. The molecule has 8 nitrogen and oxygen atoms in total. The molecule has 0 bridgehead atoms. The van der Waals surface area contributed by atoms with Crippen LogP contribution in [0, 0.1) is 0 Å². The molecule has 1 atom stereocenters. The number of amides is 1. The van der Waals surface area contributed by atoms with Crippen LogP contribution in [0.15, 0.2) is 42.5 Å². The third-order valence-corrected chi connectivity index (χ3v) is 4.20. The molecule has 0 aliphatic carbocycles. The predicted molar refractivity (Wildman–Crippen MR) is 110 cm³/mol. The van der Waals surface area contributed by atoms with Crippen LogP contribution in [0.4, 0.5) is 5.69 Å². The largest absolute Gasteiger partial charge is 0.493 e. The topological polar surface area (TPSA) is 92.3 Å². The van der Waals surface area contributed by atoms with Gasteiger partial charge in [0.1, 0.15) is 0 Å². The number of rotatable bonds is 8. The highest BCUT2D eigenvalue weighted by Crippen LogP contribution is 2.34. The average molecular weight is 413 g/mol. The van der Waals surface area contributed by atoms with Crippen LogP contribution in [0.2, 0.25) is 0 Å². The number of nitrogens with one attached hydrogen (secondary N) is 1. The molecule has 2 aromatic carbocycles. The lowest BCUT2D eigenvalue weighted by molar-refractivity contribution is -0.148. The maximum atomic E-state index is 12.3. The van der Waals surface area contributed by atoms with E-state index < -0.39 is 18.0 Å². The van der Waals surface area contributed by atoms with E-state index in [9.17, 15) is 9.59 Å². The van der Waals surface area contributed by atoms with E-state index in [1.807, 2.05) is 6.92 Å². The van der Waals surface area contributed by atoms with Crippen molar-refractivity contribution in [2.45, 2.75) is 20.0 Å². The third kappa shape index (κ3) is 5.22. The zero-order valence-corrected chi connectivity index (χ0v) is 17.0. The second-order valence-corrected chi connectivity index (χ2v) is 6.31. The summed E-state index contributed by atoms with van der Waals surface area (Å²) in [5.41, 5.74) is 1.24. The van der Waals surface area contributed by atoms with Gasteiger partial charge in [-0.2, -0.15) is 0 Å². The van der Waals surface area contributed by atoms with E-state index in [0.29, 0.717) is 35.3 Å². The van der Waals surface area contributed by atoms with Crippen molar-refractivity contribution in [2.75, 3.05) is 25.8 Å². The van der Waals surface area contributed by atoms with Crippen LogP contribution in [0.3, 0.4) is 0 Å². The molecule has 1 N–H and O–H groups in total. The fraction of sp³-hybridized carbons (Fsp3) is 0.273. The van der Waals surface area contributed by atoms with Gasteiger partial charge in [-0.1, -0.05) is 6.07 Å². The number of ether oxygens (including phenoxy) is 5. The Hall–Kier alpha value is -3.68. The molecule has 0 saturated heterocycles. The van der Waals surface area contributed by atoms with Crippen molar-refractivity contribution in [1.29, 1.82) is 0 Å². The minimum absolute atomic E-state index is 0.146. The van der Waals surface area contributed by atoms with Crippen LogP contribution in [0.5, 0.6) is 23.0 Å². The molecular formula is C22H23NO7. The monoisotopic (exact) mass is 413 g/mol. The van der Waals surface area contributed by atoms with Crippen molar-refractivity contribution in [3.05, 3.63) is 48.0 Å². The van der Waals surface area contributed by atoms with E-state index in [1.54, 1.807) is 49.6 Å². The summed E-state index contributed by atoms with van der Waals surface area (Å²) in [5, 5.41) is 2.68. The summed E-state index contributed by atoms with van der Waals surface area (Å²) in [6.45, 7) is 4.04. The van der Waals surface area contributed by atoms with Crippen LogP contribution >= 0.6 is 0 Å². The normalized spacial score (nSPS) is 13.0. The summed E-state index contributed by atoms with van der Waals surface area (Å²) >= 11 is 0. The molecule has 1 aliphatic heterocycles. The molecule has 2 aromatic rings. The molecule has 1 aliphatic rings. The maximum absolute atomic E-state index is 12.3. The van der Waals surface area contributed by atoms with Crippen molar-refractivity contribution < 1.29 is 33.3 Å². The second kappa shape index (κ2) is 9.69. The number of hydrogen-bond donors (Lipinski definition) is 1. The Morgan fingerprint density at radius 3 is 2.70 bits per heavy atom. The van der Waals surface area contributed by atoms with Gasteiger partial charge >= 0.3 is 5.97 Å². The van der Waals surface area contributed by atoms with Crippen molar-refractivity contribution in [1.82, 2.24) is 0 Å². The lowest BCUT2D eigenvalue weighted by atomic mass is 10.2. The zero-order chi connectivity index (χ0) is 21.5. The molecule has 158 valence electrons. The van der Waals surface area contributed by atoms with E-state index in [1.165, 1.54) is 13.0 Å². The maximum Gasteiger partial charge on any atom is 0.331 e. The van der Waals surface area contributed by atoms with Crippen molar-refractivity contribution in [3.8, 4) is 23.0 Å². The van der Waals surface area contributed by atoms with E-state index in [-0.39, 0.29) is 6.79 Å². The first-order valence-electron chi connectivity index (χ1n) is 9.40. The van der Waals surface area contributed by atoms with Gasteiger partial charge in [-0.05, 0) is 49.8 Å². The smallest absolute Gasteiger partial charge is 0.331 e. The lowest BCUT2D eigenvalue weighted by Crippen LogP contribution is -2.29. The van der Waals surface area contributed by atoms with Gasteiger partial charge < -0.3 is 29.0 Å². The fourth-order valence-electron chi connectivity index (χ4n) is 2.71. The number of anilines is 1. The Kier molecular flexibility index (Phi) is 6.79. The summed E-state index contributed by atoms with van der Waals surface area (Å²) in [4.78, 5) is 24.4. The molecule has 0 fully saturated rings. The molecule has 0 aromatic heterocycles. The number of benzene rings is 2. The van der Waals surface area contributed by atoms with Crippen molar-refractivity contribution >= 4 is 23.6 Å². The molecule has 0 unspecified atom stereocenters. The minimum atomic E-state index is -0.984. The molecular weight excluding hydrogens is 390 g/mol. The third-order valence-electron chi connectivity index (χ3n) is 4.20. The van der Waals surface area contributed by atoms with Crippen LogP contribution in [-0.2, 0) is 14.3 Å². The molecule has 3 rings (SSSR count). The number of carbonyl (C=O) groups excluding carboxylic acids is 2. The molecule has 1 heterocycles. The Bertz CT molecular complexity index is 954. The van der Waals surface area contributed by atoms with Crippen molar-refractivity contribution in [2.24, 2.45) is 0 Å². The van der Waals surface area contributed by atoms with Crippen LogP contribution in [-0.4, -0.2) is 38.5 Å². The molecule has 0 saturated carbocycles. The van der Waals surface area contributed by atoms with Gasteiger partial charge in [-0.15, -0.1) is 0 Å². The predicted octanol–water partition coefficient (Wildman–Crippen LogP) is 3.41. The van der Waals surface area contributed by atoms with Gasteiger partial charge in [-0.25, -0.2) is 4.79 Å². The van der Waals surface area contributed by atoms with E-state index in [0.717, 1.165) is 5.56 Å². The summed E-state index contributed by atoms with van der Waals surface area (Å²) in [6.07, 6.45) is 1.84. The Morgan fingerprint density at radius 2 is 1.93 bits per heavy atom. The number of hydrogen-bond acceptors (Lipinski definition) is 7. The highest BCUT2D eigenvalue weighted by atomic mass is 16.7. The van der Waals surface area contributed by atoms with Crippen LogP contribution in [0.25, 0.3) is 6.08 Å². The van der Waals surface area contributed by atoms with Gasteiger partial charge in [0.05, 0.1) is 13.7 Å².